The fourth-order valence-electron chi connectivity index (χ4n) is 4.61. The maximum Gasteiger partial charge on any atom is 0.253 e. The van der Waals surface area contributed by atoms with Crippen molar-refractivity contribution in [3.63, 3.8) is 0 Å². The molecule has 2 N–H and O–H groups in total. The summed E-state index contributed by atoms with van der Waals surface area (Å²) < 4.78 is 11.0. The molecule has 1 aliphatic heterocycles. The Kier molecular flexibility index (Phi) is 7.79. The van der Waals surface area contributed by atoms with Crippen LogP contribution in [-0.4, -0.2) is 79.0 Å². The number of likely N-dealkylation sites (N-methyl/N-ethyl adjacent to an activating group) is 1. The molecule has 1 aliphatic rings. The second-order valence-electron chi connectivity index (χ2n) is 9.68. The van der Waals surface area contributed by atoms with Crippen LogP contribution in [0.1, 0.15) is 17.3 Å². The molecule has 10 nitrogen and oxygen atoms in total. The van der Waals surface area contributed by atoms with Gasteiger partial charge in [0.25, 0.3) is 5.91 Å². The van der Waals surface area contributed by atoms with E-state index in [2.05, 4.69) is 22.6 Å². The highest BCUT2D eigenvalue weighted by atomic mass is 16.5. The zero-order chi connectivity index (χ0) is 28.2. The van der Waals surface area contributed by atoms with E-state index in [-0.39, 0.29) is 11.8 Å². The van der Waals surface area contributed by atoms with Crippen molar-refractivity contribution in [1.29, 1.82) is 0 Å². The summed E-state index contributed by atoms with van der Waals surface area (Å²) in [4.78, 5) is 38.2. The molecule has 0 spiro atoms. The smallest absolute Gasteiger partial charge is 0.253 e. The minimum atomic E-state index is -0.135. The molecule has 1 fully saturated rings. The number of anilines is 3. The fraction of sp³-hybridized carbons (Fsp3) is 0.267. The fourth-order valence-corrected chi connectivity index (χ4v) is 4.61. The van der Waals surface area contributed by atoms with Crippen LogP contribution in [0.4, 0.5) is 17.2 Å². The van der Waals surface area contributed by atoms with Gasteiger partial charge in [-0.1, -0.05) is 12.1 Å². The van der Waals surface area contributed by atoms with Gasteiger partial charge in [-0.15, -0.1) is 0 Å². The van der Waals surface area contributed by atoms with E-state index >= 15 is 0 Å². The van der Waals surface area contributed by atoms with Gasteiger partial charge in [0.15, 0.2) is 17.3 Å². The number of carbonyl (C=O) groups excluding carboxylic acids is 2. The van der Waals surface area contributed by atoms with Gasteiger partial charge >= 0.3 is 0 Å². The van der Waals surface area contributed by atoms with Crippen LogP contribution in [0.5, 0.6) is 11.5 Å². The molecule has 5 rings (SSSR count). The lowest BCUT2D eigenvalue weighted by Gasteiger charge is -2.32. The van der Waals surface area contributed by atoms with E-state index in [0.717, 1.165) is 42.8 Å². The zero-order valence-electron chi connectivity index (χ0n) is 23.0. The van der Waals surface area contributed by atoms with E-state index < -0.39 is 0 Å². The van der Waals surface area contributed by atoms with Crippen molar-refractivity contribution in [1.82, 2.24) is 19.8 Å². The maximum atomic E-state index is 13.0. The van der Waals surface area contributed by atoms with Gasteiger partial charge in [0.1, 0.15) is 5.82 Å². The molecule has 2 heterocycles. The molecule has 40 heavy (non-hydrogen) atoms. The Balaban J connectivity index is 1.49. The van der Waals surface area contributed by atoms with Crippen molar-refractivity contribution < 1.29 is 19.1 Å². The number of amides is 2. The Morgan fingerprint density at radius 2 is 1.45 bits per heavy atom. The van der Waals surface area contributed by atoms with Crippen molar-refractivity contribution in [3.8, 4) is 22.9 Å². The number of piperazine rings is 1. The number of nitrogens with one attached hydrogen (secondary N) is 2. The largest absolute Gasteiger partial charge is 0.493 e. The van der Waals surface area contributed by atoms with Gasteiger partial charge in [-0.2, -0.15) is 0 Å². The number of rotatable bonds is 7. The number of nitrogens with zero attached hydrogens (tertiary/aromatic N) is 4. The summed E-state index contributed by atoms with van der Waals surface area (Å²) in [5, 5.41) is 6.89. The van der Waals surface area contributed by atoms with Crippen LogP contribution in [0.2, 0.25) is 0 Å². The first-order valence-electron chi connectivity index (χ1n) is 13.0. The van der Waals surface area contributed by atoms with E-state index in [4.69, 9.17) is 19.4 Å². The molecule has 0 aliphatic carbocycles. The first-order chi connectivity index (χ1) is 19.3. The topological polar surface area (TPSA) is 109 Å². The van der Waals surface area contributed by atoms with E-state index in [9.17, 15) is 9.59 Å². The predicted molar refractivity (Wildman–Crippen MR) is 156 cm³/mol. The lowest BCUT2D eigenvalue weighted by Crippen LogP contribution is -2.47. The number of hydrogen-bond acceptors (Lipinski definition) is 8. The van der Waals surface area contributed by atoms with Crippen LogP contribution in [0.15, 0.2) is 60.7 Å². The van der Waals surface area contributed by atoms with Crippen LogP contribution in [-0.2, 0) is 4.79 Å². The molecule has 4 aromatic rings. The number of carbonyl (C=O) groups is 2. The first kappa shape index (κ1) is 26.9. The molecule has 1 saturated heterocycles. The summed E-state index contributed by atoms with van der Waals surface area (Å²) in [5.74, 6) is 2.08. The Hall–Kier alpha value is -4.70. The van der Waals surface area contributed by atoms with Gasteiger partial charge in [0.05, 0.1) is 19.7 Å². The van der Waals surface area contributed by atoms with Gasteiger partial charge in [-0.3, -0.25) is 9.59 Å². The Labute approximate surface area is 232 Å². The summed E-state index contributed by atoms with van der Waals surface area (Å²) in [5.41, 5.74) is 3.55. The van der Waals surface area contributed by atoms with E-state index in [0.29, 0.717) is 39.9 Å². The molecule has 0 atom stereocenters. The third-order valence-corrected chi connectivity index (χ3v) is 6.85. The van der Waals surface area contributed by atoms with Crippen molar-refractivity contribution in [3.05, 3.63) is 66.2 Å². The summed E-state index contributed by atoms with van der Waals surface area (Å²) >= 11 is 0. The van der Waals surface area contributed by atoms with Crippen molar-refractivity contribution >= 4 is 39.9 Å². The molecule has 0 saturated carbocycles. The van der Waals surface area contributed by atoms with Gasteiger partial charge in [-0.25, -0.2) is 9.97 Å². The lowest BCUT2D eigenvalue weighted by atomic mass is 10.1. The van der Waals surface area contributed by atoms with Crippen molar-refractivity contribution in [2.24, 2.45) is 0 Å². The number of benzene rings is 3. The summed E-state index contributed by atoms with van der Waals surface area (Å²) in [6, 6.07) is 18.4. The standard InChI is InChI=1S/C30H32N6O4/c1-19(37)31-22-9-11-23(12-10-22)32-29-24-17-26(39-3)27(40-4)18-25(24)33-28(34-29)20-5-7-21(8-6-20)30(38)36-15-13-35(2)14-16-36/h5-12,17-18H,13-16H2,1-4H3,(H,31,37)(H,32,33,34). The third kappa shape index (κ3) is 5.81. The van der Waals surface area contributed by atoms with Crippen LogP contribution < -0.4 is 20.1 Å². The average molecular weight is 541 g/mol. The molecular weight excluding hydrogens is 508 g/mol. The number of fused-ring (bicyclic) bond motifs is 1. The van der Waals surface area contributed by atoms with Crippen LogP contribution in [0.25, 0.3) is 22.3 Å². The van der Waals surface area contributed by atoms with Crippen LogP contribution in [0.3, 0.4) is 0 Å². The number of hydrogen-bond donors (Lipinski definition) is 2. The minimum absolute atomic E-state index is 0.0287. The molecular formula is C30H32N6O4. The molecule has 0 bridgehead atoms. The normalized spacial score (nSPS) is 13.7. The molecule has 0 unspecified atom stereocenters. The van der Waals surface area contributed by atoms with Crippen LogP contribution >= 0.6 is 0 Å². The maximum absolute atomic E-state index is 13.0. The molecule has 206 valence electrons. The highest BCUT2D eigenvalue weighted by Gasteiger charge is 2.21. The van der Waals surface area contributed by atoms with Crippen LogP contribution in [0, 0.1) is 0 Å². The molecule has 0 radical (unpaired) electrons. The Bertz CT molecular complexity index is 1530. The highest BCUT2D eigenvalue weighted by Crippen LogP contribution is 2.36. The van der Waals surface area contributed by atoms with Gasteiger partial charge in [-0.05, 0) is 49.5 Å². The second kappa shape index (κ2) is 11.6. The Morgan fingerprint density at radius 3 is 2.08 bits per heavy atom. The number of methoxy groups -OCH3 is 2. The second-order valence-corrected chi connectivity index (χ2v) is 9.68. The van der Waals surface area contributed by atoms with Crippen molar-refractivity contribution in [2.75, 3.05) is 58.1 Å². The highest BCUT2D eigenvalue weighted by molar-refractivity contribution is 5.96. The lowest BCUT2D eigenvalue weighted by molar-refractivity contribution is -0.114. The molecule has 1 aromatic heterocycles. The van der Waals surface area contributed by atoms with E-state index in [1.54, 1.807) is 14.2 Å². The quantitative estimate of drug-likeness (QED) is 0.355. The molecule has 10 heteroatoms. The summed E-state index contributed by atoms with van der Waals surface area (Å²) in [6.45, 7) is 4.65. The van der Waals surface area contributed by atoms with Gasteiger partial charge in [0, 0.05) is 67.1 Å². The summed E-state index contributed by atoms with van der Waals surface area (Å²) in [7, 11) is 5.23. The molecule has 3 aromatic carbocycles. The van der Waals surface area contributed by atoms with Crippen molar-refractivity contribution in [2.45, 2.75) is 6.92 Å². The minimum Gasteiger partial charge on any atom is -0.493 e. The zero-order valence-corrected chi connectivity index (χ0v) is 23.0. The van der Waals surface area contributed by atoms with E-state index in [1.165, 1.54) is 6.92 Å². The first-order valence-corrected chi connectivity index (χ1v) is 13.0. The molecule has 2 amide bonds. The van der Waals surface area contributed by atoms with E-state index in [1.807, 2.05) is 65.6 Å². The third-order valence-electron chi connectivity index (χ3n) is 6.85. The van der Waals surface area contributed by atoms with Gasteiger partial charge in [0.2, 0.25) is 5.91 Å². The number of ether oxygens (including phenoxy) is 2. The SMILES string of the molecule is COc1cc2nc(-c3ccc(C(=O)N4CCN(C)CC4)cc3)nc(Nc3ccc(NC(C)=O)cc3)c2cc1OC. The predicted octanol–water partition coefficient (Wildman–Crippen LogP) is 4.40. The number of aromatic nitrogens is 2. The summed E-state index contributed by atoms with van der Waals surface area (Å²) in [6.07, 6.45) is 0. The van der Waals surface area contributed by atoms with Gasteiger partial charge < -0.3 is 29.9 Å². The monoisotopic (exact) mass is 540 g/mol. The Morgan fingerprint density at radius 1 is 0.825 bits per heavy atom. The average Bonchev–Trinajstić information content (AvgIpc) is 2.97.